The summed E-state index contributed by atoms with van der Waals surface area (Å²) in [6.07, 6.45) is 3.39. The van der Waals surface area contributed by atoms with E-state index in [1.165, 1.54) is 7.11 Å². The highest BCUT2D eigenvalue weighted by Gasteiger charge is 2.45. The van der Waals surface area contributed by atoms with E-state index in [0.717, 1.165) is 6.42 Å². The van der Waals surface area contributed by atoms with Crippen LogP contribution in [0.1, 0.15) is 12.8 Å². The predicted octanol–water partition coefficient (Wildman–Crippen LogP) is 0.695. The van der Waals surface area contributed by atoms with Crippen molar-refractivity contribution in [3.05, 3.63) is 11.6 Å². The number of carbonyl (C=O) groups excluding carboxylic acids is 2. The van der Waals surface area contributed by atoms with Gasteiger partial charge >= 0.3 is 5.97 Å². The molecule has 2 rings (SSSR count). The Morgan fingerprint density at radius 1 is 1.67 bits per heavy atom. The predicted molar refractivity (Wildman–Crippen MR) is 41.3 cm³/mol. The summed E-state index contributed by atoms with van der Waals surface area (Å²) in [5.74, 6) is 0.0541. The summed E-state index contributed by atoms with van der Waals surface area (Å²) in [6, 6.07) is 0. The Bertz CT molecular complexity index is 277. The Morgan fingerprint density at radius 2 is 2.42 bits per heavy atom. The molecular formula is C9H10O3. The summed E-state index contributed by atoms with van der Waals surface area (Å²) in [5.41, 5.74) is 0.574. The minimum atomic E-state index is -0.341. The van der Waals surface area contributed by atoms with Crippen LogP contribution in [0.25, 0.3) is 0 Å². The standard InChI is InChI=1S/C9H10O3/c1-12-9(11)6-4-5-2-3-7(10)8(5)6/h4-5,8H,2-3H2,1H3/t5-,8-/m0/s1. The van der Waals surface area contributed by atoms with Crippen molar-refractivity contribution in [2.45, 2.75) is 12.8 Å². The zero-order valence-corrected chi connectivity index (χ0v) is 6.87. The fourth-order valence-electron chi connectivity index (χ4n) is 1.98. The Kier molecular flexibility index (Phi) is 1.53. The maximum atomic E-state index is 11.2. The van der Waals surface area contributed by atoms with Crippen LogP contribution in [0.2, 0.25) is 0 Å². The number of rotatable bonds is 1. The third-order valence-corrected chi connectivity index (χ3v) is 2.65. The van der Waals surface area contributed by atoms with E-state index >= 15 is 0 Å². The Balaban J connectivity index is 2.18. The van der Waals surface area contributed by atoms with Crippen molar-refractivity contribution in [2.75, 3.05) is 7.11 Å². The molecule has 2 aliphatic rings. The molecule has 0 amide bonds. The first-order valence-corrected chi connectivity index (χ1v) is 4.07. The van der Waals surface area contributed by atoms with Crippen molar-refractivity contribution in [3.63, 3.8) is 0 Å². The van der Waals surface area contributed by atoms with E-state index in [-0.39, 0.29) is 17.7 Å². The van der Waals surface area contributed by atoms with Crippen molar-refractivity contribution in [2.24, 2.45) is 11.8 Å². The third kappa shape index (κ3) is 0.823. The molecule has 0 bridgehead atoms. The topological polar surface area (TPSA) is 43.4 Å². The van der Waals surface area contributed by atoms with Crippen LogP contribution in [0.4, 0.5) is 0 Å². The average Bonchev–Trinajstić information content (AvgIpc) is 2.26. The Morgan fingerprint density at radius 3 is 3.00 bits per heavy atom. The number of ketones is 1. The smallest absolute Gasteiger partial charge is 0.334 e. The van der Waals surface area contributed by atoms with Crippen LogP contribution in [0.3, 0.4) is 0 Å². The minimum Gasteiger partial charge on any atom is -0.466 e. The lowest BCUT2D eigenvalue weighted by molar-refractivity contribution is -0.138. The van der Waals surface area contributed by atoms with Crippen LogP contribution < -0.4 is 0 Å². The molecule has 0 spiro atoms. The molecule has 2 aliphatic carbocycles. The Labute approximate surface area is 70.4 Å². The number of esters is 1. The van der Waals surface area contributed by atoms with Gasteiger partial charge in [-0.25, -0.2) is 4.79 Å². The lowest BCUT2D eigenvalue weighted by Gasteiger charge is -2.26. The highest BCUT2D eigenvalue weighted by atomic mass is 16.5. The minimum absolute atomic E-state index is 0.127. The highest BCUT2D eigenvalue weighted by Crippen LogP contribution is 2.43. The molecule has 12 heavy (non-hydrogen) atoms. The monoisotopic (exact) mass is 166 g/mol. The molecule has 1 saturated carbocycles. The molecule has 0 aromatic rings. The van der Waals surface area contributed by atoms with Gasteiger partial charge in [-0.3, -0.25) is 4.79 Å². The molecule has 0 radical (unpaired) electrons. The molecule has 0 aliphatic heterocycles. The lowest BCUT2D eigenvalue weighted by Crippen LogP contribution is -2.30. The van der Waals surface area contributed by atoms with Gasteiger partial charge in [-0.2, -0.15) is 0 Å². The number of carbonyl (C=O) groups is 2. The summed E-state index contributed by atoms with van der Waals surface area (Å²) in [5, 5.41) is 0. The van der Waals surface area contributed by atoms with Gasteiger partial charge < -0.3 is 4.74 Å². The maximum Gasteiger partial charge on any atom is 0.334 e. The SMILES string of the molecule is COC(=O)C1=C[C@@H]2CCC(=O)[C@H]12. The quantitative estimate of drug-likeness (QED) is 0.538. The van der Waals surface area contributed by atoms with Gasteiger partial charge in [0.05, 0.1) is 13.0 Å². The van der Waals surface area contributed by atoms with E-state index in [1.54, 1.807) is 0 Å². The second-order valence-electron chi connectivity index (χ2n) is 3.26. The first kappa shape index (κ1) is 7.53. The molecule has 0 aromatic heterocycles. The summed E-state index contributed by atoms with van der Waals surface area (Å²) >= 11 is 0. The van der Waals surface area contributed by atoms with Gasteiger partial charge in [-0.05, 0) is 12.3 Å². The number of Topliss-reactive ketones (excluding diaryl/α,β-unsaturated/α-hetero) is 1. The molecule has 0 saturated heterocycles. The molecule has 0 aromatic carbocycles. The fraction of sp³-hybridized carbons (Fsp3) is 0.556. The second-order valence-corrected chi connectivity index (χ2v) is 3.26. The van der Waals surface area contributed by atoms with Crippen LogP contribution in [0, 0.1) is 11.8 Å². The number of allylic oxidation sites excluding steroid dienone is 1. The molecule has 0 heterocycles. The van der Waals surface area contributed by atoms with Crippen molar-refractivity contribution in [1.82, 2.24) is 0 Å². The third-order valence-electron chi connectivity index (χ3n) is 2.65. The Hall–Kier alpha value is -1.12. The van der Waals surface area contributed by atoms with Crippen molar-refractivity contribution >= 4 is 11.8 Å². The molecule has 1 fully saturated rings. The number of fused-ring (bicyclic) bond motifs is 1. The van der Waals surface area contributed by atoms with E-state index in [9.17, 15) is 9.59 Å². The van der Waals surface area contributed by atoms with E-state index < -0.39 is 0 Å². The average molecular weight is 166 g/mol. The van der Waals surface area contributed by atoms with Crippen LogP contribution in [-0.4, -0.2) is 18.9 Å². The first-order chi connectivity index (χ1) is 5.74. The zero-order valence-electron chi connectivity index (χ0n) is 6.87. The van der Waals surface area contributed by atoms with E-state index in [4.69, 9.17) is 0 Å². The van der Waals surface area contributed by atoms with Gasteiger partial charge in [-0.1, -0.05) is 6.08 Å². The lowest BCUT2D eigenvalue weighted by atomic mass is 9.77. The van der Waals surface area contributed by atoms with E-state index in [2.05, 4.69) is 4.74 Å². The van der Waals surface area contributed by atoms with Crippen LogP contribution in [-0.2, 0) is 14.3 Å². The van der Waals surface area contributed by atoms with Crippen LogP contribution in [0.15, 0.2) is 11.6 Å². The van der Waals surface area contributed by atoms with Gasteiger partial charge in [-0.15, -0.1) is 0 Å². The number of methoxy groups -OCH3 is 1. The van der Waals surface area contributed by atoms with Crippen molar-refractivity contribution < 1.29 is 14.3 Å². The maximum absolute atomic E-state index is 11.2. The first-order valence-electron chi connectivity index (χ1n) is 4.07. The largest absolute Gasteiger partial charge is 0.466 e. The van der Waals surface area contributed by atoms with Gasteiger partial charge in [0.25, 0.3) is 0 Å². The molecule has 3 nitrogen and oxygen atoms in total. The number of ether oxygens (including phenoxy) is 1. The summed E-state index contributed by atoms with van der Waals surface area (Å²) < 4.78 is 4.55. The van der Waals surface area contributed by atoms with E-state index in [0.29, 0.717) is 17.9 Å². The molecule has 0 N–H and O–H groups in total. The molecular weight excluding hydrogens is 156 g/mol. The van der Waals surface area contributed by atoms with Gasteiger partial charge in [0.15, 0.2) is 0 Å². The number of hydrogen-bond acceptors (Lipinski definition) is 3. The normalized spacial score (nSPS) is 32.1. The molecule has 0 unspecified atom stereocenters. The molecule has 64 valence electrons. The van der Waals surface area contributed by atoms with Gasteiger partial charge in [0, 0.05) is 12.0 Å². The summed E-state index contributed by atoms with van der Waals surface area (Å²) in [6.45, 7) is 0. The fourth-order valence-corrected chi connectivity index (χ4v) is 1.98. The zero-order chi connectivity index (χ0) is 8.72. The second kappa shape index (κ2) is 2.44. The van der Waals surface area contributed by atoms with Gasteiger partial charge in [0.2, 0.25) is 0 Å². The van der Waals surface area contributed by atoms with Crippen molar-refractivity contribution in [3.8, 4) is 0 Å². The van der Waals surface area contributed by atoms with Gasteiger partial charge in [0.1, 0.15) is 5.78 Å². The summed E-state index contributed by atoms with van der Waals surface area (Å²) in [7, 11) is 1.34. The highest BCUT2D eigenvalue weighted by molar-refractivity contribution is 6.01. The summed E-state index contributed by atoms with van der Waals surface area (Å²) in [4.78, 5) is 22.3. The van der Waals surface area contributed by atoms with Crippen molar-refractivity contribution in [1.29, 1.82) is 0 Å². The molecule has 2 atom stereocenters. The van der Waals surface area contributed by atoms with Crippen LogP contribution in [0.5, 0.6) is 0 Å². The van der Waals surface area contributed by atoms with Crippen LogP contribution >= 0.6 is 0 Å². The van der Waals surface area contributed by atoms with E-state index in [1.807, 2.05) is 6.08 Å². The molecule has 3 heteroatoms. The number of hydrogen-bond donors (Lipinski definition) is 0.